The average molecular weight is 1560 g/mol. The molecule has 10 rings (SSSR count). The van der Waals surface area contributed by atoms with Gasteiger partial charge in [-0.2, -0.15) is 9.13 Å². The van der Waals surface area contributed by atoms with E-state index in [9.17, 15) is 107 Å². The van der Waals surface area contributed by atoms with Gasteiger partial charge in [0.05, 0.1) is 48.4 Å². The van der Waals surface area contributed by atoms with Crippen LogP contribution in [-0.4, -0.2) is 181 Å². The van der Waals surface area contributed by atoms with Crippen LogP contribution in [0.4, 0.5) is 11.6 Å². The van der Waals surface area contributed by atoms with Gasteiger partial charge in [0.15, 0.2) is 82.6 Å². The first-order valence-corrected chi connectivity index (χ1v) is 36.2. The molecule has 0 saturated carbocycles. The standard InChI is InChI=1S/C21H27BrN7O17P3.C21H28N7O17P3/c22-21-27-11-16(23)25-7-26-18(11)29(21)19-14(32)12(30)9(43-19)5-41-48(37,38)46-49(39,40)42-6-10-13(31)15(45-47(34,35)36)20(44-10)28-3-1-2-8(4-28)17(24)33;22-17-12-19(25-7-24-17)28(8-26-12)20-15(31)13(29)10(42-20)5-40-47(36,37)45-48(38,39)41-6-11-14(30)16(44-46(33,34)35)21(43-11)27-3-1-2-9(4-27)18(23)32/h1-4,7,9-10,12-15,19-20,30-32H,5-6H2,(H7-,23,24,25,26,33,34,35,36,37,38,39,40);1-4,7-8,10-11,13-16,20-21,29-31H,5-6H2,(H7-,22,23,24,25,32,33,34,35,36,37,38,39)/p-6/t9-,10-,12+,13+,14?,15?,19?,20?;10-,11-,13+,14+,15?,16?,20?,21?/m11/s1. The van der Waals surface area contributed by atoms with Gasteiger partial charge in [0.2, 0.25) is 0 Å². The van der Waals surface area contributed by atoms with Crippen molar-refractivity contribution < 1.29 is 171 Å². The Bertz CT molecular complexity index is 4200. The van der Waals surface area contributed by atoms with E-state index in [1.54, 1.807) is 0 Å². The number of rotatable bonds is 26. The number of aliphatic hydroxyl groups excluding tert-OH is 6. The molecule has 6 aromatic rings. The van der Waals surface area contributed by atoms with Crippen LogP contribution in [-0.2, 0) is 82.1 Å². The molecular formula is C42H49BrN14O34P6-6. The van der Waals surface area contributed by atoms with Crippen molar-refractivity contribution in [3.8, 4) is 0 Å². The number of phosphoric ester groups is 6. The number of pyridine rings is 2. The summed E-state index contributed by atoms with van der Waals surface area (Å²) in [6.07, 6.45) is -19.9. The summed E-state index contributed by atoms with van der Waals surface area (Å²) in [4.78, 5) is 142. The van der Waals surface area contributed by atoms with Crippen LogP contribution < -0.4 is 71.2 Å². The van der Waals surface area contributed by atoms with Crippen molar-refractivity contribution in [2.45, 2.75) is 98.2 Å². The molecule has 2 amide bonds. The molecule has 48 nitrogen and oxygen atoms in total. The van der Waals surface area contributed by atoms with E-state index < -0.39 is 183 Å². The number of halogens is 1. The molecule has 4 aliphatic rings. The van der Waals surface area contributed by atoms with Crippen molar-refractivity contribution in [3.63, 3.8) is 0 Å². The fraction of sp³-hybridized carbons (Fsp3) is 0.476. The molecule has 10 heterocycles. The molecule has 4 saturated heterocycles. The lowest BCUT2D eigenvalue weighted by atomic mass is 10.1. The van der Waals surface area contributed by atoms with Gasteiger partial charge in [-0.05, 0) is 28.1 Å². The molecule has 4 fully saturated rings. The van der Waals surface area contributed by atoms with E-state index in [-0.39, 0.29) is 49.8 Å². The number of carbonyl (C=O) groups is 2. The van der Waals surface area contributed by atoms with Crippen LogP contribution in [0.1, 0.15) is 45.6 Å². The SMILES string of the molecule is NC(=O)c1ccc[n+](C2O[C@H](COP(=O)([O-])OP(=O)([O-])OC[C@H]3OC(n4c(Br)nc5c(N)ncnc54)C(O)[C@H]3O)[C@H](O)C2OP(=O)([O-])[O-])c1.NC(=O)c1ccc[n+](C2O[C@H](COP(=O)([O-])OP(=O)([O-])OC[C@H]3OC(n4cnc5c(N)ncnc54)C(O)[C@H]3O)[C@H](O)C2OP(=O)([O-])[O-])c1. The summed E-state index contributed by atoms with van der Waals surface area (Å²) in [6.45, 7) is -4.55. The number of carbonyl (C=O) groups excluding carboxylic acids is 2. The molecular weight excluding hydrogens is 1510 g/mol. The van der Waals surface area contributed by atoms with Crippen molar-refractivity contribution >= 4 is 109 Å². The first kappa shape index (κ1) is 76.0. The van der Waals surface area contributed by atoms with Crippen LogP contribution in [0.15, 0.2) is 72.8 Å². The summed E-state index contributed by atoms with van der Waals surface area (Å²) >= 11 is 3.15. The summed E-state index contributed by atoms with van der Waals surface area (Å²) < 4.78 is 133. The number of ether oxygens (including phenoxy) is 4. The van der Waals surface area contributed by atoms with Gasteiger partial charge in [-0.1, -0.05) is 0 Å². The number of hydrogen-bond donors (Lipinski definition) is 10. The molecule has 12 unspecified atom stereocenters. The van der Waals surface area contributed by atoms with E-state index in [4.69, 9.17) is 41.9 Å². The van der Waals surface area contributed by atoms with Gasteiger partial charge in [-0.25, -0.2) is 38.5 Å². The summed E-state index contributed by atoms with van der Waals surface area (Å²) in [5, 5.41) is 63.1. The molecule has 97 heavy (non-hydrogen) atoms. The summed E-state index contributed by atoms with van der Waals surface area (Å²) in [7, 11) is -34.9. The van der Waals surface area contributed by atoms with Gasteiger partial charge in [0.1, 0.15) is 90.3 Å². The number of nitrogen functional groups attached to an aromatic ring is 2. The largest absolute Gasteiger partial charge is 0.790 e. The smallest absolute Gasteiger partial charge is 0.292 e. The van der Waals surface area contributed by atoms with Crippen LogP contribution in [0.25, 0.3) is 22.3 Å². The minimum Gasteiger partial charge on any atom is -0.790 e. The molecule has 0 aliphatic carbocycles. The zero-order chi connectivity index (χ0) is 71.2. The van der Waals surface area contributed by atoms with Gasteiger partial charge in [-0.15, -0.1) is 0 Å². The number of nitrogens with two attached hydrogens (primary N) is 4. The van der Waals surface area contributed by atoms with Gasteiger partial charge >= 0.3 is 0 Å². The van der Waals surface area contributed by atoms with Crippen LogP contribution in [0.2, 0.25) is 0 Å². The van der Waals surface area contributed by atoms with Crippen molar-refractivity contribution in [1.82, 2.24) is 39.0 Å². The van der Waals surface area contributed by atoms with Crippen molar-refractivity contribution in [2.24, 2.45) is 11.5 Å². The average Bonchev–Trinajstić information content (AvgIpc) is 1.57. The Kier molecular flexibility index (Phi) is 23.3. The lowest BCUT2D eigenvalue weighted by Gasteiger charge is -2.33. The molecule has 55 heteroatoms. The molecule has 0 radical (unpaired) electrons. The highest BCUT2D eigenvalue weighted by Gasteiger charge is 2.53. The number of primary amides is 2. The van der Waals surface area contributed by atoms with Gasteiger partial charge in [0, 0.05) is 12.1 Å². The Morgan fingerprint density at radius 2 is 0.918 bits per heavy atom. The highest BCUT2D eigenvalue weighted by atomic mass is 79.9. The Labute approximate surface area is 547 Å². The molecule has 534 valence electrons. The quantitative estimate of drug-likeness (QED) is 0.0137. The summed E-state index contributed by atoms with van der Waals surface area (Å²) in [5.41, 5.74) is 22.2. The van der Waals surface area contributed by atoms with E-state index in [1.807, 2.05) is 0 Å². The maximum Gasteiger partial charge on any atom is 0.292 e. The maximum absolute atomic E-state index is 12.4. The number of phosphoric acid groups is 6. The number of amides is 2. The number of aromatic nitrogens is 10. The molecule has 0 spiro atoms. The van der Waals surface area contributed by atoms with E-state index >= 15 is 0 Å². The normalized spacial score (nSPS) is 30.1. The van der Waals surface area contributed by atoms with Crippen LogP contribution >= 0.6 is 62.9 Å². The third-order valence-electron chi connectivity index (χ3n) is 14.0. The summed E-state index contributed by atoms with van der Waals surface area (Å²) in [6, 6.07) is 5.09. The minimum absolute atomic E-state index is 0.00644. The van der Waals surface area contributed by atoms with Gasteiger partial charge in [-0.3, -0.25) is 37.0 Å². The zero-order valence-corrected chi connectivity index (χ0v) is 54.8. The lowest BCUT2D eigenvalue weighted by Crippen LogP contribution is -2.48. The molecule has 0 aromatic carbocycles. The molecule has 20 atom stereocenters. The van der Waals surface area contributed by atoms with Crippen molar-refractivity contribution in [1.29, 1.82) is 0 Å². The van der Waals surface area contributed by atoms with E-state index in [0.717, 1.165) is 34.2 Å². The van der Waals surface area contributed by atoms with Crippen molar-refractivity contribution in [3.05, 3.63) is 83.9 Å². The molecule has 14 N–H and O–H groups in total. The van der Waals surface area contributed by atoms with E-state index in [0.29, 0.717) is 0 Å². The van der Waals surface area contributed by atoms with Crippen molar-refractivity contribution in [2.75, 3.05) is 37.9 Å². The number of hydrogen-bond acceptors (Lipinski definition) is 42. The lowest BCUT2D eigenvalue weighted by molar-refractivity contribution is -0.765. The Hall–Kier alpha value is -5.24. The number of aliphatic hydroxyl groups is 6. The highest BCUT2D eigenvalue weighted by molar-refractivity contribution is 9.10. The second-order valence-corrected chi connectivity index (χ2v) is 29.3. The van der Waals surface area contributed by atoms with E-state index in [2.05, 4.69) is 81.6 Å². The van der Waals surface area contributed by atoms with Gasteiger partial charge in [0.25, 0.3) is 55.6 Å². The van der Waals surface area contributed by atoms with Crippen LogP contribution in [0.3, 0.4) is 0 Å². The zero-order valence-electron chi connectivity index (χ0n) is 47.9. The van der Waals surface area contributed by atoms with Crippen LogP contribution in [0, 0.1) is 0 Å². The number of anilines is 2. The third-order valence-corrected chi connectivity index (χ3v) is 20.6. The Morgan fingerprint density at radius 1 is 0.536 bits per heavy atom. The third kappa shape index (κ3) is 18.3. The predicted molar refractivity (Wildman–Crippen MR) is 291 cm³/mol. The molecule has 4 aliphatic heterocycles. The topological polar surface area (TPSA) is 752 Å². The predicted octanol–water partition coefficient (Wildman–Crippen LogP) is -10.1. The Morgan fingerprint density at radius 3 is 1.33 bits per heavy atom. The number of fused-ring (bicyclic) bond motifs is 2. The first-order valence-electron chi connectivity index (χ1n) is 26.7. The monoisotopic (exact) mass is 1560 g/mol. The fourth-order valence-corrected chi connectivity index (χ4v) is 15.3. The maximum atomic E-state index is 12.4. The minimum atomic E-state index is -5.87. The second kappa shape index (κ2) is 29.8. The first-order chi connectivity index (χ1) is 45.1. The second-order valence-electron chi connectivity index (χ2n) is 20.4. The highest BCUT2D eigenvalue weighted by Crippen LogP contribution is 2.58. The molecule has 0 bridgehead atoms. The Balaban J connectivity index is 0.000000227. The number of nitrogens with zero attached hydrogens (tertiary/aromatic N) is 10. The fourth-order valence-electron chi connectivity index (χ4n) is 9.67. The van der Waals surface area contributed by atoms with Gasteiger partial charge < -0.3 is 148 Å². The summed E-state index contributed by atoms with van der Waals surface area (Å²) in [5.74, 6) is -1.84. The van der Waals surface area contributed by atoms with E-state index in [1.165, 1.54) is 52.1 Å². The molecule has 6 aromatic heterocycles. The number of imidazole rings is 2. The van der Waals surface area contributed by atoms with Crippen LogP contribution in [0.5, 0.6) is 0 Å².